The Morgan fingerprint density at radius 1 is 1.70 bits per heavy atom. The largest absolute Gasteiger partial charge is 0.536 e. The van der Waals surface area contributed by atoms with Gasteiger partial charge in [0.15, 0.2) is 0 Å². The molecule has 0 saturated heterocycles. The third-order valence-electron chi connectivity index (χ3n) is 0.575. The fourth-order valence-electron chi connectivity index (χ4n) is 0.232. The average molecular weight is 180 g/mol. The van der Waals surface area contributed by atoms with E-state index in [1.807, 2.05) is 0 Å². The highest BCUT2D eigenvalue weighted by Gasteiger charge is 2.15. The van der Waals surface area contributed by atoms with Crippen molar-refractivity contribution in [2.24, 2.45) is 0 Å². The average Bonchev–Trinajstić information content (AvgIpc) is 1.83. The van der Waals surface area contributed by atoms with Crippen LogP contribution in [0.2, 0.25) is 0 Å². The third kappa shape index (κ3) is 8.51. The Kier molecular flexibility index (Phi) is 10.00. The molecule has 0 fully saturated rings. The molecular formula is C4H10AlO4P+. The molecule has 0 aliphatic carbocycles. The van der Waals surface area contributed by atoms with E-state index in [1.165, 1.54) is 6.92 Å². The fraction of sp³-hybridized carbons (Fsp3) is 1.00. The predicted molar refractivity (Wildman–Crippen MR) is 38.1 cm³/mol. The quantitative estimate of drug-likeness (QED) is 0.460. The number of aliphatic hydroxyl groups excluding tert-OH is 2. The summed E-state index contributed by atoms with van der Waals surface area (Å²) in [6, 6.07) is 0. The van der Waals surface area contributed by atoms with Crippen LogP contribution in [0.3, 0.4) is 0 Å². The standard InChI is InChI=1S/C4H10O4P.Al/c1-4(6)2-8-9(7)3-5;/h4-6H,2-3H2,1H3;/q+1;. The molecule has 57 valence electrons. The van der Waals surface area contributed by atoms with Gasteiger partial charge in [0.1, 0.15) is 6.61 Å². The molecule has 0 aromatic rings. The van der Waals surface area contributed by atoms with Gasteiger partial charge in [-0.05, 0) is 11.5 Å². The number of hydrogen-bond donors (Lipinski definition) is 2. The van der Waals surface area contributed by atoms with Crippen LogP contribution in [-0.2, 0) is 9.09 Å². The Balaban J connectivity index is 0. The predicted octanol–water partition coefficient (Wildman–Crippen LogP) is -0.305. The molecule has 2 N–H and O–H groups in total. The lowest BCUT2D eigenvalue weighted by Crippen LogP contribution is -2.06. The van der Waals surface area contributed by atoms with Gasteiger partial charge in [-0.3, -0.25) is 0 Å². The van der Waals surface area contributed by atoms with E-state index >= 15 is 0 Å². The first-order valence-corrected chi connectivity index (χ1v) is 3.89. The molecule has 0 aliphatic heterocycles. The lowest BCUT2D eigenvalue weighted by atomic mass is 10.5. The lowest BCUT2D eigenvalue weighted by Gasteiger charge is -1.93. The molecule has 4 nitrogen and oxygen atoms in total. The first-order valence-electron chi connectivity index (χ1n) is 2.53. The summed E-state index contributed by atoms with van der Waals surface area (Å²) in [5.41, 5.74) is 0. The monoisotopic (exact) mass is 180 g/mol. The molecule has 0 aromatic carbocycles. The van der Waals surface area contributed by atoms with Crippen molar-refractivity contribution in [1.29, 1.82) is 0 Å². The topological polar surface area (TPSA) is 66.8 Å². The van der Waals surface area contributed by atoms with E-state index in [0.29, 0.717) is 0 Å². The van der Waals surface area contributed by atoms with E-state index in [9.17, 15) is 4.57 Å². The summed E-state index contributed by atoms with van der Waals surface area (Å²) < 4.78 is 14.7. The van der Waals surface area contributed by atoms with Crippen molar-refractivity contribution in [3.8, 4) is 0 Å². The van der Waals surface area contributed by atoms with Crippen LogP contribution in [0, 0.1) is 0 Å². The Bertz CT molecular complexity index is 97.3. The second kappa shape index (κ2) is 7.62. The molecular weight excluding hydrogens is 170 g/mol. The molecule has 0 heterocycles. The van der Waals surface area contributed by atoms with Gasteiger partial charge in [0.2, 0.25) is 0 Å². The number of aliphatic hydroxyl groups is 2. The van der Waals surface area contributed by atoms with E-state index in [2.05, 4.69) is 4.52 Å². The molecule has 0 bridgehead atoms. The van der Waals surface area contributed by atoms with Crippen LogP contribution in [0.5, 0.6) is 0 Å². The maximum Gasteiger partial charge on any atom is 0.536 e. The van der Waals surface area contributed by atoms with Crippen molar-refractivity contribution in [1.82, 2.24) is 0 Å². The molecule has 0 aromatic heterocycles. The molecule has 0 rings (SSSR count). The minimum atomic E-state index is -1.97. The van der Waals surface area contributed by atoms with Gasteiger partial charge in [0.25, 0.3) is 6.35 Å². The number of rotatable bonds is 4. The molecule has 2 atom stereocenters. The van der Waals surface area contributed by atoms with Crippen molar-refractivity contribution >= 4 is 25.4 Å². The van der Waals surface area contributed by atoms with Crippen LogP contribution in [0.1, 0.15) is 6.92 Å². The molecule has 0 spiro atoms. The van der Waals surface area contributed by atoms with E-state index < -0.39 is 20.5 Å². The summed E-state index contributed by atoms with van der Waals surface area (Å²) >= 11 is 0. The third-order valence-corrected chi connectivity index (χ3v) is 1.24. The van der Waals surface area contributed by atoms with Crippen LogP contribution >= 0.6 is 8.03 Å². The van der Waals surface area contributed by atoms with Gasteiger partial charge in [0.05, 0.1) is 6.10 Å². The SMILES string of the molecule is CC(O)CO[P+](=O)CO.[Al]. The zero-order valence-corrected chi connectivity index (χ0v) is 7.78. The molecule has 6 heteroatoms. The molecule has 3 radical (unpaired) electrons. The van der Waals surface area contributed by atoms with Crippen molar-refractivity contribution in [2.75, 3.05) is 13.0 Å². The van der Waals surface area contributed by atoms with Gasteiger partial charge in [-0.15, -0.1) is 4.52 Å². The minimum Gasteiger partial charge on any atom is -0.391 e. The summed E-state index contributed by atoms with van der Waals surface area (Å²) in [6.07, 6.45) is -1.11. The Morgan fingerprint density at radius 2 is 2.20 bits per heavy atom. The van der Waals surface area contributed by atoms with Gasteiger partial charge in [-0.25, -0.2) is 0 Å². The first-order chi connectivity index (χ1) is 4.16. The second-order valence-electron chi connectivity index (χ2n) is 1.62. The summed E-state index contributed by atoms with van der Waals surface area (Å²) in [7, 11) is -1.97. The number of hydrogen-bond acceptors (Lipinski definition) is 4. The molecule has 2 unspecified atom stereocenters. The van der Waals surface area contributed by atoms with Gasteiger partial charge in [0, 0.05) is 17.4 Å². The highest BCUT2D eigenvalue weighted by Crippen LogP contribution is 2.19. The van der Waals surface area contributed by atoms with Crippen molar-refractivity contribution in [2.45, 2.75) is 13.0 Å². The fourth-order valence-corrected chi connectivity index (χ4v) is 0.695. The summed E-state index contributed by atoms with van der Waals surface area (Å²) in [6.45, 7) is 1.52. The van der Waals surface area contributed by atoms with E-state index in [0.717, 1.165) is 0 Å². The zero-order valence-electron chi connectivity index (χ0n) is 5.73. The van der Waals surface area contributed by atoms with E-state index in [1.54, 1.807) is 0 Å². The molecule has 10 heavy (non-hydrogen) atoms. The van der Waals surface area contributed by atoms with Gasteiger partial charge in [-0.1, -0.05) is 0 Å². The van der Waals surface area contributed by atoms with Gasteiger partial charge >= 0.3 is 8.03 Å². The summed E-state index contributed by atoms with van der Waals surface area (Å²) in [5.74, 6) is 0. The van der Waals surface area contributed by atoms with Gasteiger partial charge < -0.3 is 10.2 Å². The van der Waals surface area contributed by atoms with E-state index in [4.69, 9.17) is 10.2 Å². The van der Waals surface area contributed by atoms with Crippen LogP contribution in [0.15, 0.2) is 0 Å². The molecule has 0 saturated carbocycles. The Labute approximate surface area is 71.2 Å². The van der Waals surface area contributed by atoms with Crippen LogP contribution < -0.4 is 0 Å². The first kappa shape index (κ1) is 13.1. The van der Waals surface area contributed by atoms with Crippen LogP contribution in [-0.4, -0.2) is 46.6 Å². The van der Waals surface area contributed by atoms with Crippen molar-refractivity contribution in [3.05, 3.63) is 0 Å². The maximum absolute atomic E-state index is 10.3. The smallest absolute Gasteiger partial charge is 0.391 e. The van der Waals surface area contributed by atoms with Crippen molar-refractivity contribution < 1.29 is 19.3 Å². The van der Waals surface area contributed by atoms with Crippen molar-refractivity contribution in [3.63, 3.8) is 0 Å². The highest BCUT2D eigenvalue weighted by atomic mass is 31.1. The van der Waals surface area contributed by atoms with Crippen LogP contribution in [0.25, 0.3) is 0 Å². The summed E-state index contributed by atoms with van der Waals surface area (Å²) in [5, 5.41) is 16.7. The van der Waals surface area contributed by atoms with E-state index in [-0.39, 0.29) is 24.0 Å². The summed E-state index contributed by atoms with van der Waals surface area (Å²) in [4.78, 5) is 0. The van der Waals surface area contributed by atoms with Gasteiger partial charge in [-0.2, -0.15) is 0 Å². The zero-order chi connectivity index (χ0) is 7.28. The maximum atomic E-state index is 10.3. The molecule has 0 amide bonds. The second-order valence-corrected chi connectivity index (χ2v) is 2.83. The lowest BCUT2D eigenvalue weighted by molar-refractivity contribution is 0.125. The Hall–Kier alpha value is 0.512. The Morgan fingerprint density at radius 3 is 2.50 bits per heavy atom. The highest BCUT2D eigenvalue weighted by molar-refractivity contribution is 7.38. The van der Waals surface area contributed by atoms with Crippen LogP contribution in [0.4, 0.5) is 0 Å². The minimum absolute atomic E-state index is 0. The normalized spacial score (nSPS) is 13.7. The molecule has 0 aliphatic rings.